The highest BCUT2D eigenvalue weighted by Gasteiger charge is 2.35. The summed E-state index contributed by atoms with van der Waals surface area (Å²) in [6.45, 7) is 0. The molecule has 0 saturated carbocycles. The van der Waals surface area contributed by atoms with Gasteiger partial charge in [-0.1, -0.05) is 23.2 Å². The predicted molar refractivity (Wildman–Crippen MR) is 82.6 cm³/mol. The number of hydrogen-bond acceptors (Lipinski definition) is 2. The number of halogens is 6. The molecule has 0 amide bonds. The standard InChI is InChI=1S/C15H6Cl2F4N2O2/c16-8-4-10(18)7(3-6(8)14(24)25)12-9(17)5-11(15(19,20)21)23-2-1-22-13(12)23/h1-5H,(H,24,25). The third-order valence-electron chi connectivity index (χ3n) is 3.47. The van der Waals surface area contributed by atoms with Gasteiger partial charge in [0, 0.05) is 23.5 Å². The van der Waals surface area contributed by atoms with Gasteiger partial charge in [-0.25, -0.2) is 14.2 Å². The third-order valence-corrected chi connectivity index (χ3v) is 4.08. The van der Waals surface area contributed by atoms with Crippen LogP contribution in [0.2, 0.25) is 10.0 Å². The summed E-state index contributed by atoms with van der Waals surface area (Å²) in [7, 11) is 0. The summed E-state index contributed by atoms with van der Waals surface area (Å²) < 4.78 is 54.4. The fraction of sp³-hybridized carbons (Fsp3) is 0.0667. The smallest absolute Gasteiger partial charge is 0.431 e. The summed E-state index contributed by atoms with van der Waals surface area (Å²) in [5, 5.41) is 8.33. The zero-order valence-corrected chi connectivity index (χ0v) is 13.4. The van der Waals surface area contributed by atoms with E-state index in [-0.39, 0.29) is 21.8 Å². The van der Waals surface area contributed by atoms with E-state index in [4.69, 9.17) is 28.3 Å². The Morgan fingerprint density at radius 3 is 2.44 bits per heavy atom. The SMILES string of the molecule is O=C(O)c1cc(-c2c(Cl)cc(C(F)(F)F)n3ccnc23)c(F)cc1Cl. The zero-order valence-electron chi connectivity index (χ0n) is 11.9. The second-order valence-corrected chi connectivity index (χ2v) is 5.80. The van der Waals surface area contributed by atoms with Gasteiger partial charge in [0.15, 0.2) is 0 Å². The molecule has 130 valence electrons. The Hall–Kier alpha value is -2.32. The number of aromatic carboxylic acids is 1. The minimum Gasteiger partial charge on any atom is -0.478 e. The molecule has 10 heteroatoms. The first-order valence-electron chi connectivity index (χ1n) is 6.56. The molecule has 3 rings (SSSR count). The lowest BCUT2D eigenvalue weighted by molar-refractivity contribution is -0.142. The highest BCUT2D eigenvalue weighted by atomic mass is 35.5. The van der Waals surface area contributed by atoms with E-state index in [2.05, 4.69) is 4.98 Å². The predicted octanol–water partition coefficient (Wildman–Crippen LogP) is 5.16. The zero-order chi connectivity index (χ0) is 18.5. The van der Waals surface area contributed by atoms with Gasteiger partial charge in [0.25, 0.3) is 0 Å². The normalized spacial score (nSPS) is 11.9. The van der Waals surface area contributed by atoms with Crippen molar-refractivity contribution < 1.29 is 27.5 Å². The Morgan fingerprint density at radius 1 is 1.16 bits per heavy atom. The van der Waals surface area contributed by atoms with Crippen molar-refractivity contribution >= 4 is 34.8 Å². The van der Waals surface area contributed by atoms with E-state index < -0.39 is 34.2 Å². The molecule has 2 heterocycles. The van der Waals surface area contributed by atoms with Crippen molar-refractivity contribution in [1.29, 1.82) is 0 Å². The van der Waals surface area contributed by atoms with Crippen LogP contribution in [0.1, 0.15) is 16.1 Å². The number of alkyl halides is 3. The molecule has 0 radical (unpaired) electrons. The lowest BCUT2D eigenvalue weighted by Crippen LogP contribution is -2.12. The first-order valence-corrected chi connectivity index (χ1v) is 7.32. The molecule has 0 saturated heterocycles. The average Bonchev–Trinajstić information content (AvgIpc) is 2.95. The van der Waals surface area contributed by atoms with E-state index in [1.54, 1.807) is 0 Å². The number of carbonyl (C=O) groups is 1. The Labute approximate surface area is 147 Å². The van der Waals surface area contributed by atoms with Crippen LogP contribution in [-0.4, -0.2) is 20.5 Å². The fourth-order valence-corrected chi connectivity index (χ4v) is 2.94. The van der Waals surface area contributed by atoms with Crippen LogP contribution in [0.15, 0.2) is 30.6 Å². The van der Waals surface area contributed by atoms with Crippen LogP contribution in [0.25, 0.3) is 16.8 Å². The lowest BCUT2D eigenvalue weighted by Gasteiger charge is -2.15. The van der Waals surface area contributed by atoms with Gasteiger partial charge in [0.1, 0.15) is 17.2 Å². The molecule has 3 aromatic rings. The molecule has 2 aromatic heterocycles. The maximum Gasteiger partial charge on any atom is 0.431 e. The van der Waals surface area contributed by atoms with Gasteiger partial charge in [0.2, 0.25) is 0 Å². The topological polar surface area (TPSA) is 54.6 Å². The molecule has 0 atom stereocenters. The number of carboxylic acid groups (broad SMARTS) is 1. The number of pyridine rings is 1. The minimum absolute atomic E-state index is 0.170. The molecule has 0 bridgehead atoms. The summed E-state index contributed by atoms with van der Waals surface area (Å²) >= 11 is 11.6. The Balaban J connectivity index is 2.39. The number of carboxylic acids is 1. The van der Waals surface area contributed by atoms with Gasteiger partial charge < -0.3 is 5.11 Å². The fourth-order valence-electron chi connectivity index (χ4n) is 2.42. The molecule has 25 heavy (non-hydrogen) atoms. The molecule has 0 aliphatic heterocycles. The molecular weight excluding hydrogens is 387 g/mol. The van der Waals surface area contributed by atoms with Gasteiger partial charge in [-0.2, -0.15) is 13.2 Å². The van der Waals surface area contributed by atoms with Gasteiger partial charge in [-0.05, 0) is 18.2 Å². The number of hydrogen-bond donors (Lipinski definition) is 1. The number of benzene rings is 1. The summed E-state index contributed by atoms with van der Waals surface area (Å²) in [6.07, 6.45) is -2.58. The van der Waals surface area contributed by atoms with Crippen LogP contribution in [0.5, 0.6) is 0 Å². The maximum atomic E-state index is 14.3. The van der Waals surface area contributed by atoms with Crippen LogP contribution >= 0.6 is 23.2 Å². The van der Waals surface area contributed by atoms with Crippen molar-refractivity contribution in [2.75, 3.05) is 0 Å². The van der Waals surface area contributed by atoms with Crippen LogP contribution < -0.4 is 0 Å². The number of imidazole rings is 1. The molecular formula is C15H6Cl2F4N2O2. The molecule has 1 N–H and O–H groups in total. The number of fused-ring (bicyclic) bond motifs is 1. The van der Waals surface area contributed by atoms with E-state index >= 15 is 0 Å². The highest BCUT2D eigenvalue weighted by Crippen LogP contribution is 2.40. The van der Waals surface area contributed by atoms with Crippen molar-refractivity contribution in [3.8, 4) is 11.1 Å². The van der Waals surface area contributed by atoms with E-state index in [0.717, 1.165) is 24.5 Å². The number of nitrogens with zero attached hydrogens (tertiary/aromatic N) is 2. The largest absolute Gasteiger partial charge is 0.478 e. The van der Waals surface area contributed by atoms with Crippen molar-refractivity contribution in [3.05, 3.63) is 57.7 Å². The maximum absolute atomic E-state index is 14.3. The molecule has 0 fully saturated rings. The van der Waals surface area contributed by atoms with Crippen LogP contribution in [-0.2, 0) is 6.18 Å². The molecule has 1 aromatic carbocycles. The first-order chi connectivity index (χ1) is 11.6. The Kier molecular flexibility index (Phi) is 4.12. The third kappa shape index (κ3) is 2.91. The van der Waals surface area contributed by atoms with E-state index in [0.29, 0.717) is 10.5 Å². The van der Waals surface area contributed by atoms with Crippen LogP contribution in [0.4, 0.5) is 17.6 Å². The van der Waals surface area contributed by atoms with Crippen molar-refractivity contribution in [3.63, 3.8) is 0 Å². The number of aromatic nitrogens is 2. The van der Waals surface area contributed by atoms with Crippen molar-refractivity contribution in [1.82, 2.24) is 9.38 Å². The van der Waals surface area contributed by atoms with E-state index in [1.165, 1.54) is 0 Å². The van der Waals surface area contributed by atoms with E-state index in [9.17, 15) is 22.4 Å². The molecule has 0 spiro atoms. The second-order valence-electron chi connectivity index (χ2n) is 4.99. The van der Waals surface area contributed by atoms with Gasteiger partial charge in [0.05, 0.1) is 15.6 Å². The minimum atomic E-state index is -4.72. The molecule has 4 nitrogen and oxygen atoms in total. The van der Waals surface area contributed by atoms with E-state index in [1.807, 2.05) is 0 Å². The van der Waals surface area contributed by atoms with Gasteiger partial charge in [-0.15, -0.1) is 0 Å². The van der Waals surface area contributed by atoms with Gasteiger partial charge in [-0.3, -0.25) is 4.40 Å². The quantitative estimate of drug-likeness (QED) is 0.612. The summed E-state index contributed by atoms with van der Waals surface area (Å²) in [5.74, 6) is -2.37. The second kappa shape index (κ2) is 5.89. The lowest BCUT2D eigenvalue weighted by atomic mass is 10.0. The summed E-state index contributed by atoms with van der Waals surface area (Å²) in [4.78, 5) is 15.0. The van der Waals surface area contributed by atoms with Crippen molar-refractivity contribution in [2.24, 2.45) is 0 Å². The average molecular weight is 393 g/mol. The Bertz CT molecular complexity index is 1010. The number of rotatable bonds is 2. The molecule has 0 aliphatic rings. The molecule has 0 unspecified atom stereocenters. The summed E-state index contributed by atoms with van der Waals surface area (Å²) in [6, 6.07) is 2.29. The molecule has 0 aliphatic carbocycles. The monoisotopic (exact) mass is 392 g/mol. The van der Waals surface area contributed by atoms with Gasteiger partial charge >= 0.3 is 12.1 Å². The van der Waals surface area contributed by atoms with Crippen molar-refractivity contribution in [2.45, 2.75) is 6.18 Å². The first kappa shape index (κ1) is 17.5. The van der Waals surface area contributed by atoms with Crippen LogP contribution in [0.3, 0.4) is 0 Å². The van der Waals surface area contributed by atoms with Crippen LogP contribution in [0, 0.1) is 5.82 Å². The highest BCUT2D eigenvalue weighted by molar-refractivity contribution is 6.35. The Morgan fingerprint density at radius 2 is 1.84 bits per heavy atom. The summed E-state index contributed by atoms with van der Waals surface area (Å²) in [5.41, 5.74) is -2.27.